The van der Waals surface area contributed by atoms with Gasteiger partial charge in [-0.05, 0) is 31.4 Å². The van der Waals surface area contributed by atoms with Crippen molar-refractivity contribution in [1.29, 1.82) is 0 Å². The molecule has 0 atom stereocenters. The molecule has 1 aromatic rings. The highest BCUT2D eigenvalue weighted by Crippen LogP contribution is 2.15. The smallest absolute Gasteiger partial charge is 0.214 e. The second kappa shape index (κ2) is 11.8. The number of piperidine rings is 1. The zero-order valence-electron chi connectivity index (χ0n) is 17.2. The van der Waals surface area contributed by atoms with Gasteiger partial charge in [-0.2, -0.15) is 0 Å². The van der Waals surface area contributed by atoms with E-state index < -0.39 is 10.0 Å². The van der Waals surface area contributed by atoms with Crippen molar-refractivity contribution >= 4 is 45.8 Å². The zero-order valence-corrected chi connectivity index (χ0v) is 20.3. The number of aliphatic imine (C=N–C) groups is 1. The molecule has 1 saturated heterocycles. The maximum atomic E-state index is 12.2. The fourth-order valence-corrected chi connectivity index (χ4v) is 4.58. The van der Waals surface area contributed by atoms with Gasteiger partial charge in [0.2, 0.25) is 10.0 Å². The van der Waals surface area contributed by atoms with Crippen LogP contribution < -0.4 is 15.5 Å². The first-order chi connectivity index (χ1) is 12.9. The second-order valence-electron chi connectivity index (χ2n) is 6.94. The van der Waals surface area contributed by atoms with Crippen molar-refractivity contribution in [3.8, 4) is 0 Å². The highest BCUT2D eigenvalue weighted by Gasteiger charge is 2.27. The minimum absolute atomic E-state index is 0. The van der Waals surface area contributed by atoms with Gasteiger partial charge in [0.05, 0.1) is 18.0 Å². The Hall–Kier alpha value is -1.14. The quantitative estimate of drug-likeness (QED) is 0.320. The highest BCUT2D eigenvalue weighted by molar-refractivity contribution is 14.0. The molecule has 1 fully saturated rings. The van der Waals surface area contributed by atoms with Crippen molar-refractivity contribution in [2.24, 2.45) is 4.99 Å². The van der Waals surface area contributed by atoms with Gasteiger partial charge in [-0.3, -0.25) is 4.99 Å². The zero-order chi connectivity index (χ0) is 19.9. The fourth-order valence-electron chi connectivity index (χ4n) is 3.04. The minimum atomic E-state index is -3.10. The number of sulfonamides is 1. The number of hydrogen-bond acceptors (Lipinski definition) is 5. The number of nitrogens with one attached hydrogen (secondary N) is 2. The molecule has 0 saturated carbocycles. The molecule has 2 N–H and O–H groups in total. The third-order valence-electron chi connectivity index (χ3n) is 4.56. The van der Waals surface area contributed by atoms with Crippen molar-refractivity contribution < 1.29 is 8.42 Å². The molecule has 160 valence electrons. The lowest BCUT2D eigenvalue weighted by Crippen LogP contribution is -2.49. The van der Waals surface area contributed by atoms with E-state index in [9.17, 15) is 8.42 Å². The van der Waals surface area contributed by atoms with E-state index in [1.807, 2.05) is 44.1 Å². The van der Waals surface area contributed by atoms with E-state index in [-0.39, 0.29) is 35.8 Å². The maximum Gasteiger partial charge on any atom is 0.214 e. The van der Waals surface area contributed by atoms with Crippen molar-refractivity contribution in [2.75, 3.05) is 44.9 Å². The van der Waals surface area contributed by atoms with Crippen LogP contribution in [-0.2, 0) is 16.6 Å². The monoisotopic (exact) mass is 524 g/mol. The molecule has 1 aliphatic rings. The molecule has 0 aromatic carbocycles. The van der Waals surface area contributed by atoms with Gasteiger partial charge >= 0.3 is 0 Å². The molecule has 1 aliphatic heterocycles. The predicted octanol–water partition coefficient (Wildman–Crippen LogP) is 1.63. The third kappa shape index (κ3) is 7.36. The Morgan fingerprint density at radius 2 is 2.00 bits per heavy atom. The molecule has 0 radical (unpaired) electrons. The number of halogens is 1. The first-order valence-corrected chi connectivity index (χ1v) is 11.0. The van der Waals surface area contributed by atoms with E-state index in [0.29, 0.717) is 32.0 Å². The minimum Gasteiger partial charge on any atom is -0.363 e. The topological polar surface area (TPSA) is 89.9 Å². The molecule has 10 heteroatoms. The summed E-state index contributed by atoms with van der Waals surface area (Å²) in [5.74, 6) is 1.85. The summed E-state index contributed by atoms with van der Waals surface area (Å²) in [5.41, 5.74) is 0.935. The van der Waals surface area contributed by atoms with E-state index in [0.717, 1.165) is 24.4 Å². The van der Waals surface area contributed by atoms with Gasteiger partial charge in [0, 0.05) is 40.3 Å². The normalized spacial score (nSPS) is 16.4. The van der Waals surface area contributed by atoms with Gasteiger partial charge in [0.15, 0.2) is 5.96 Å². The van der Waals surface area contributed by atoms with Crippen LogP contribution in [0.4, 0.5) is 5.82 Å². The van der Waals surface area contributed by atoms with Crippen LogP contribution in [0.5, 0.6) is 0 Å². The summed E-state index contributed by atoms with van der Waals surface area (Å²) in [4.78, 5) is 10.8. The number of anilines is 1. The van der Waals surface area contributed by atoms with Gasteiger partial charge in [0.25, 0.3) is 0 Å². The molecule has 2 heterocycles. The van der Waals surface area contributed by atoms with Gasteiger partial charge in [0.1, 0.15) is 5.82 Å². The predicted molar refractivity (Wildman–Crippen MR) is 126 cm³/mol. The maximum absolute atomic E-state index is 12.2. The van der Waals surface area contributed by atoms with E-state index in [2.05, 4.69) is 20.6 Å². The van der Waals surface area contributed by atoms with Gasteiger partial charge in [-0.15, -0.1) is 24.0 Å². The number of pyridine rings is 1. The molecule has 8 nitrogen and oxygen atoms in total. The molecule has 2 rings (SSSR count). The van der Waals surface area contributed by atoms with E-state index in [1.165, 1.54) is 0 Å². The molecule has 0 bridgehead atoms. The van der Waals surface area contributed by atoms with E-state index in [1.54, 1.807) is 11.4 Å². The van der Waals surface area contributed by atoms with E-state index in [4.69, 9.17) is 0 Å². The molecule has 0 unspecified atom stereocenters. The lowest BCUT2D eigenvalue weighted by atomic mass is 10.1. The van der Waals surface area contributed by atoms with Crippen molar-refractivity contribution in [3.63, 3.8) is 0 Å². The van der Waals surface area contributed by atoms with Crippen LogP contribution in [0.15, 0.2) is 23.2 Å². The van der Waals surface area contributed by atoms with Gasteiger partial charge in [-0.25, -0.2) is 17.7 Å². The summed E-state index contributed by atoms with van der Waals surface area (Å²) in [6, 6.07) is 6.15. The molecule has 28 heavy (non-hydrogen) atoms. The van der Waals surface area contributed by atoms with Crippen LogP contribution in [0.1, 0.15) is 31.9 Å². The van der Waals surface area contributed by atoms with Gasteiger partial charge in [-0.1, -0.05) is 13.0 Å². The lowest BCUT2D eigenvalue weighted by Gasteiger charge is -2.32. The van der Waals surface area contributed by atoms with Crippen LogP contribution in [0, 0.1) is 0 Å². The number of hydrogen-bond donors (Lipinski definition) is 2. The molecule has 0 spiro atoms. The van der Waals surface area contributed by atoms with Crippen molar-refractivity contribution in [1.82, 2.24) is 19.9 Å². The third-order valence-corrected chi connectivity index (χ3v) is 6.64. The largest absolute Gasteiger partial charge is 0.363 e. The van der Waals surface area contributed by atoms with Crippen molar-refractivity contribution in [2.45, 2.75) is 38.8 Å². The number of rotatable bonds is 7. The highest BCUT2D eigenvalue weighted by atomic mass is 127. The first kappa shape index (κ1) is 24.9. The summed E-state index contributed by atoms with van der Waals surface area (Å²) >= 11 is 0. The Morgan fingerprint density at radius 1 is 1.32 bits per heavy atom. The summed E-state index contributed by atoms with van der Waals surface area (Å²) in [5, 5.41) is 6.68. The van der Waals surface area contributed by atoms with Crippen LogP contribution in [0.2, 0.25) is 0 Å². The van der Waals surface area contributed by atoms with Crippen LogP contribution >= 0.6 is 24.0 Å². The van der Waals surface area contributed by atoms with Crippen LogP contribution in [0.3, 0.4) is 0 Å². The summed E-state index contributed by atoms with van der Waals surface area (Å²) in [7, 11) is 2.57. The average molecular weight is 524 g/mol. The van der Waals surface area contributed by atoms with Crippen LogP contribution in [0.25, 0.3) is 0 Å². The van der Waals surface area contributed by atoms with Crippen molar-refractivity contribution in [3.05, 3.63) is 23.9 Å². The molecule has 0 aliphatic carbocycles. The Morgan fingerprint density at radius 3 is 2.57 bits per heavy atom. The summed E-state index contributed by atoms with van der Waals surface area (Å²) in [6.45, 7) is 3.59. The average Bonchev–Trinajstić information content (AvgIpc) is 2.65. The SMILES string of the molecule is CCCS(=O)(=O)N1CCC(NC(=NC)NCc2cccc(N(C)C)n2)CC1.I. The number of aromatic nitrogens is 1. The number of nitrogens with zero attached hydrogens (tertiary/aromatic N) is 4. The first-order valence-electron chi connectivity index (χ1n) is 9.44. The Balaban J connectivity index is 0.00000392. The van der Waals surface area contributed by atoms with Crippen LogP contribution in [-0.4, -0.2) is 69.7 Å². The number of guanidine groups is 1. The molecule has 0 amide bonds. The molecule has 1 aromatic heterocycles. The Kier molecular flexibility index (Phi) is 10.5. The molecular formula is C18H33IN6O2S. The standard InChI is InChI=1S/C18H32N6O2S.HI/c1-5-13-27(25,26)24-11-9-15(10-12-24)22-18(19-2)20-14-16-7-6-8-17(21-16)23(3)4;/h6-8,15H,5,9-14H2,1-4H3,(H2,19,20,22);1H. The summed E-state index contributed by atoms with van der Waals surface area (Å²) < 4.78 is 25.9. The summed E-state index contributed by atoms with van der Waals surface area (Å²) in [6.07, 6.45) is 2.20. The Labute approximate surface area is 186 Å². The fraction of sp³-hybridized carbons (Fsp3) is 0.667. The Bertz CT molecular complexity index is 733. The van der Waals surface area contributed by atoms with E-state index >= 15 is 0 Å². The lowest BCUT2D eigenvalue weighted by molar-refractivity contribution is 0.306. The van der Waals surface area contributed by atoms with Gasteiger partial charge < -0.3 is 15.5 Å². The second-order valence-corrected chi connectivity index (χ2v) is 9.03. The molecular weight excluding hydrogens is 491 g/mol.